The fraction of sp³-hybridized carbons (Fsp3) is 0.182. The van der Waals surface area contributed by atoms with E-state index in [1.165, 1.54) is 23.4 Å². The lowest BCUT2D eigenvalue weighted by atomic mass is 9.84. The van der Waals surface area contributed by atoms with Gasteiger partial charge in [-0.2, -0.15) is 0 Å². The van der Waals surface area contributed by atoms with Crippen molar-refractivity contribution in [3.8, 4) is 0 Å². The van der Waals surface area contributed by atoms with Gasteiger partial charge in [0.15, 0.2) is 5.43 Å². The summed E-state index contributed by atoms with van der Waals surface area (Å²) in [5, 5.41) is 0. The molecule has 1 aliphatic heterocycles. The maximum atomic E-state index is 13.0. The lowest BCUT2D eigenvalue weighted by Gasteiger charge is -2.35. The van der Waals surface area contributed by atoms with Gasteiger partial charge in [-0.25, -0.2) is 0 Å². The number of aromatic amines is 1. The second kappa shape index (κ2) is 6.64. The number of H-pyrrole nitrogens is 1. The van der Waals surface area contributed by atoms with Crippen LogP contribution in [0.25, 0.3) is 0 Å². The first kappa shape index (κ1) is 16.3. The smallest absolute Gasteiger partial charge is 0.259 e. The van der Waals surface area contributed by atoms with Crippen molar-refractivity contribution in [2.75, 3.05) is 6.54 Å². The molecule has 0 spiro atoms. The van der Waals surface area contributed by atoms with Crippen LogP contribution in [0.2, 0.25) is 0 Å². The van der Waals surface area contributed by atoms with Gasteiger partial charge in [0.2, 0.25) is 0 Å². The van der Waals surface area contributed by atoms with E-state index in [1.807, 2.05) is 30.3 Å². The predicted octanol–water partition coefficient (Wildman–Crippen LogP) is 3.47. The number of pyridine rings is 1. The number of rotatable bonds is 2. The summed E-state index contributed by atoms with van der Waals surface area (Å²) in [5.74, 6) is -0.115. The molecule has 0 saturated carbocycles. The van der Waals surface area contributed by atoms with E-state index in [0.717, 1.165) is 11.3 Å². The molecule has 4 rings (SSSR count). The molecule has 0 radical (unpaired) electrons. The highest BCUT2D eigenvalue weighted by molar-refractivity contribution is 5.94. The number of nitrogens with zero attached hydrogens (tertiary/aromatic N) is 1. The summed E-state index contributed by atoms with van der Waals surface area (Å²) in [6, 6.07) is 19.9. The second-order valence-corrected chi connectivity index (χ2v) is 6.74. The molecule has 1 N–H and O–H groups in total. The van der Waals surface area contributed by atoms with Gasteiger partial charge in [0, 0.05) is 37.0 Å². The Kier molecular flexibility index (Phi) is 4.17. The Hall–Kier alpha value is -3.14. The highest BCUT2D eigenvalue weighted by atomic mass is 16.2. The van der Waals surface area contributed by atoms with Crippen LogP contribution in [0.3, 0.4) is 0 Å². The van der Waals surface area contributed by atoms with Crippen molar-refractivity contribution in [2.45, 2.75) is 19.4 Å². The molecular weight excluding hydrogens is 324 g/mol. The molecular formula is C22H20N2O2. The van der Waals surface area contributed by atoms with Crippen LogP contribution in [0.15, 0.2) is 71.7 Å². The predicted molar refractivity (Wildman–Crippen MR) is 101 cm³/mol. The summed E-state index contributed by atoms with van der Waals surface area (Å²) in [6.45, 7) is 2.89. The highest BCUT2D eigenvalue weighted by Crippen LogP contribution is 2.33. The zero-order chi connectivity index (χ0) is 18.1. The van der Waals surface area contributed by atoms with Gasteiger partial charge in [0.1, 0.15) is 5.56 Å². The van der Waals surface area contributed by atoms with E-state index in [2.05, 4.69) is 29.2 Å². The van der Waals surface area contributed by atoms with E-state index in [9.17, 15) is 9.59 Å². The van der Waals surface area contributed by atoms with Crippen molar-refractivity contribution in [2.24, 2.45) is 0 Å². The van der Waals surface area contributed by atoms with Crippen LogP contribution < -0.4 is 5.43 Å². The van der Waals surface area contributed by atoms with Crippen molar-refractivity contribution >= 4 is 5.91 Å². The van der Waals surface area contributed by atoms with Crippen LogP contribution in [-0.4, -0.2) is 22.3 Å². The van der Waals surface area contributed by atoms with Crippen molar-refractivity contribution in [1.29, 1.82) is 0 Å². The normalized spacial score (nSPS) is 16.2. The number of hydrogen-bond acceptors (Lipinski definition) is 2. The Morgan fingerprint density at radius 1 is 1.08 bits per heavy atom. The number of hydrogen-bond donors (Lipinski definition) is 1. The molecule has 3 aromatic rings. The number of fused-ring (bicyclic) bond motifs is 1. The van der Waals surface area contributed by atoms with Crippen LogP contribution in [0.1, 0.15) is 38.7 Å². The third kappa shape index (κ3) is 2.94. The average molecular weight is 344 g/mol. The summed E-state index contributed by atoms with van der Waals surface area (Å²) in [5.41, 5.74) is 4.26. The summed E-state index contributed by atoms with van der Waals surface area (Å²) in [6.07, 6.45) is 1.53. The van der Waals surface area contributed by atoms with Crippen LogP contribution in [-0.2, 0) is 6.54 Å². The van der Waals surface area contributed by atoms with Crippen molar-refractivity contribution in [3.63, 3.8) is 0 Å². The monoisotopic (exact) mass is 344 g/mol. The number of benzene rings is 2. The van der Waals surface area contributed by atoms with Crippen LogP contribution in [0, 0.1) is 6.92 Å². The van der Waals surface area contributed by atoms with Crippen LogP contribution >= 0.6 is 0 Å². The molecule has 0 bridgehead atoms. The summed E-state index contributed by atoms with van der Waals surface area (Å²) >= 11 is 0. The van der Waals surface area contributed by atoms with Gasteiger partial charge in [-0.1, -0.05) is 54.6 Å². The van der Waals surface area contributed by atoms with Crippen LogP contribution in [0.5, 0.6) is 0 Å². The highest BCUT2D eigenvalue weighted by Gasteiger charge is 2.30. The average Bonchev–Trinajstić information content (AvgIpc) is 2.67. The van der Waals surface area contributed by atoms with Crippen molar-refractivity contribution in [3.05, 3.63) is 105 Å². The molecule has 4 nitrogen and oxygen atoms in total. The van der Waals surface area contributed by atoms with Crippen LogP contribution in [0.4, 0.5) is 0 Å². The molecule has 130 valence electrons. The fourth-order valence-corrected chi connectivity index (χ4v) is 3.64. The molecule has 1 atom stereocenters. The number of aryl methyl sites for hydroxylation is 1. The Labute approximate surface area is 152 Å². The number of carbonyl (C=O) groups excluding carboxylic acids is 1. The molecule has 0 aliphatic carbocycles. The Balaban J connectivity index is 1.73. The summed E-state index contributed by atoms with van der Waals surface area (Å²) in [7, 11) is 0. The quantitative estimate of drug-likeness (QED) is 0.774. The first-order valence-corrected chi connectivity index (χ1v) is 8.75. The number of aromatic nitrogens is 1. The van der Waals surface area contributed by atoms with E-state index in [1.54, 1.807) is 11.8 Å². The lowest BCUT2D eigenvalue weighted by molar-refractivity contribution is 0.0723. The Morgan fingerprint density at radius 2 is 1.81 bits per heavy atom. The van der Waals surface area contributed by atoms with Gasteiger partial charge >= 0.3 is 0 Å². The Bertz CT molecular complexity index is 1010. The van der Waals surface area contributed by atoms with E-state index >= 15 is 0 Å². The molecule has 0 fully saturated rings. The minimum atomic E-state index is -0.235. The Morgan fingerprint density at radius 3 is 2.58 bits per heavy atom. The minimum absolute atomic E-state index is 0.106. The number of nitrogens with one attached hydrogen (secondary N) is 1. The molecule has 0 saturated heterocycles. The molecule has 26 heavy (non-hydrogen) atoms. The lowest BCUT2D eigenvalue weighted by Crippen LogP contribution is -2.40. The maximum absolute atomic E-state index is 13.0. The zero-order valence-corrected chi connectivity index (χ0v) is 14.6. The largest absolute Gasteiger partial charge is 0.364 e. The third-order valence-corrected chi connectivity index (χ3v) is 4.97. The molecule has 1 unspecified atom stereocenters. The molecule has 1 amide bonds. The van der Waals surface area contributed by atoms with Gasteiger partial charge < -0.3 is 9.88 Å². The van der Waals surface area contributed by atoms with E-state index < -0.39 is 0 Å². The number of carbonyl (C=O) groups is 1. The maximum Gasteiger partial charge on any atom is 0.259 e. The second-order valence-electron chi connectivity index (χ2n) is 6.74. The zero-order valence-electron chi connectivity index (χ0n) is 14.6. The molecule has 2 heterocycles. The number of amides is 1. The summed E-state index contributed by atoms with van der Waals surface area (Å²) in [4.78, 5) is 30.0. The van der Waals surface area contributed by atoms with Gasteiger partial charge in [-0.15, -0.1) is 0 Å². The van der Waals surface area contributed by atoms with Gasteiger partial charge in [0.25, 0.3) is 5.91 Å². The van der Waals surface area contributed by atoms with Gasteiger partial charge in [0.05, 0.1) is 0 Å². The first-order chi connectivity index (χ1) is 12.6. The van der Waals surface area contributed by atoms with E-state index in [0.29, 0.717) is 13.1 Å². The van der Waals surface area contributed by atoms with Gasteiger partial charge in [-0.3, -0.25) is 9.59 Å². The minimum Gasteiger partial charge on any atom is -0.364 e. The van der Waals surface area contributed by atoms with Crippen molar-refractivity contribution in [1.82, 2.24) is 9.88 Å². The van der Waals surface area contributed by atoms with E-state index in [4.69, 9.17) is 0 Å². The third-order valence-electron chi connectivity index (χ3n) is 4.97. The van der Waals surface area contributed by atoms with Crippen molar-refractivity contribution < 1.29 is 4.79 Å². The van der Waals surface area contributed by atoms with Gasteiger partial charge in [-0.05, 0) is 23.6 Å². The SMILES string of the molecule is Cc1cc(=O)c(C(=O)N2Cc3ccccc3C(c3ccccc3)C2)c[nH]1. The molecule has 4 heteroatoms. The molecule has 2 aromatic carbocycles. The topological polar surface area (TPSA) is 53.2 Å². The van der Waals surface area contributed by atoms with E-state index in [-0.39, 0.29) is 22.8 Å². The molecule has 1 aromatic heterocycles. The standard InChI is InChI=1S/C22H20N2O2/c1-15-11-21(25)19(12-23-15)22(26)24-13-17-9-5-6-10-18(17)20(14-24)16-7-3-2-4-8-16/h2-12,20H,13-14H2,1H3,(H,23,25). The molecule has 1 aliphatic rings. The fourth-order valence-electron chi connectivity index (χ4n) is 3.64. The first-order valence-electron chi connectivity index (χ1n) is 8.75. The summed E-state index contributed by atoms with van der Waals surface area (Å²) < 4.78 is 0.